The van der Waals surface area contributed by atoms with Crippen LogP contribution in [0.15, 0.2) is 6.33 Å². The predicted molar refractivity (Wildman–Crippen MR) is 55.2 cm³/mol. The zero-order valence-corrected chi connectivity index (χ0v) is 9.18. The van der Waals surface area contributed by atoms with Crippen LogP contribution < -0.4 is 0 Å². The van der Waals surface area contributed by atoms with E-state index in [4.69, 9.17) is 0 Å². The molecule has 0 bridgehead atoms. The first-order valence-electron chi connectivity index (χ1n) is 5.28. The Kier molecular flexibility index (Phi) is 2.70. The number of likely N-dealkylation sites (tertiary alicyclic amines) is 1. The molecule has 0 N–H and O–H groups in total. The van der Waals surface area contributed by atoms with Crippen molar-refractivity contribution in [2.45, 2.75) is 25.7 Å². The summed E-state index contributed by atoms with van der Waals surface area (Å²) in [5.74, 6) is 1.66. The molecule has 82 valence electrons. The average Bonchev–Trinajstić information content (AvgIpc) is 2.65. The van der Waals surface area contributed by atoms with Crippen LogP contribution in [-0.4, -0.2) is 38.7 Å². The SMILES string of the molecule is CC(=O)N1CCC(c2nncn2C)CC1. The standard InChI is InChI=1S/C10H16N4O/c1-8(15)14-5-3-9(4-6-14)10-12-11-7-13(10)2/h7,9H,3-6H2,1-2H3. The van der Waals surface area contributed by atoms with Gasteiger partial charge in [-0.15, -0.1) is 10.2 Å². The Balaban J connectivity index is 2.00. The Labute approximate surface area is 89.1 Å². The summed E-state index contributed by atoms with van der Waals surface area (Å²) in [5.41, 5.74) is 0. The second-order valence-corrected chi connectivity index (χ2v) is 4.08. The van der Waals surface area contributed by atoms with Crippen LogP contribution in [0, 0.1) is 0 Å². The summed E-state index contributed by atoms with van der Waals surface area (Å²) in [7, 11) is 1.96. The van der Waals surface area contributed by atoms with Gasteiger partial charge in [0.1, 0.15) is 12.2 Å². The number of amides is 1. The number of hydrogen-bond acceptors (Lipinski definition) is 3. The zero-order valence-electron chi connectivity index (χ0n) is 9.18. The predicted octanol–water partition coefficient (Wildman–Crippen LogP) is 0.541. The second-order valence-electron chi connectivity index (χ2n) is 4.08. The normalized spacial score (nSPS) is 18.1. The molecule has 15 heavy (non-hydrogen) atoms. The van der Waals surface area contributed by atoms with Gasteiger partial charge in [0.15, 0.2) is 0 Å². The van der Waals surface area contributed by atoms with E-state index >= 15 is 0 Å². The Hall–Kier alpha value is -1.39. The van der Waals surface area contributed by atoms with E-state index in [0.29, 0.717) is 5.92 Å². The molecule has 1 saturated heterocycles. The third-order valence-electron chi connectivity index (χ3n) is 3.05. The summed E-state index contributed by atoms with van der Waals surface area (Å²) >= 11 is 0. The van der Waals surface area contributed by atoms with Crippen LogP contribution >= 0.6 is 0 Å². The molecule has 2 heterocycles. The molecule has 0 aliphatic carbocycles. The smallest absolute Gasteiger partial charge is 0.219 e. The molecule has 1 aliphatic rings. The van der Waals surface area contributed by atoms with Gasteiger partial charge in [0.05, 0.1) is 0 Å². The van der Waals surface area contributed by atoms with Gasteiger partial charge in [-0.1, -0.05) is 0 Å². The number of piperidine rings is 1. The molecule has 1 aliphatic heterocycles. The molecular formula is C10H16N4O. The quantitative estimate of drug-likeness (QED) is 0.677. The van der Waals surface area contributed by atoms with Crippen molar-refractivity contribution >= 4 is 5.91 Å². The lowest BCUT2D eigenvalue weighted by Crippen LogP contribution is -2.36. The fourth-order valence-electron chi connectivity index (χ4n) is 2.11. The first-order valence-corrected chi connectivity index (χ1v) is 5.28. The van der Waals surface area contributed by atoms with E-state index in [9.17, 15) is 4.79 Å². The molecule has 1 fully saturated rings. The van der Waals surface area contributed by atoms with Crippen molar-refractivity contribution in [3.63, 3.8) is 0 Å². The average molecular weight is 208 g/mol. The van der Waals surface area contributed by atoms with Gasteiger partial charge in [-0.25, -0.2) is 0 Å². The summed E-state index contributed by atoms with van der Waals surface area (Å²) in [5, 5.41) is 8.00. The molecule has 5 heteroatoms. The highest BCUT2D eigenvalue weighted by molar-refractivity contribution is 5.73. The van der Waals surface area contributed by atoms with Gasteiger partial charge in [-0.2, -0.15) is 0 Å². The topological polar surface area (TPSA) is 51.0 Å². The molecule has 5 nitrogen and oxygen atoms in total. The first kappa shape index (κ1) is 10.1. The van der Waals surface area contributed by atoms with Crippen molar-refractivity contribution in [1.82, 2.24) is 19.7 Å². The van der Waals surface area contributed by atoms with E-state index in [1.807, 2.05) is 16.5 Å². The van der Waals surface area contributed by atoms with E-state index in [-0.39, 0.29) is 5.91 Å². The number of aromatic nitrogens is 3. The van der Waals surface area contributed by atoms with E-state index in [1.54, 1.807) is 13.3 Å². The van der Waals surface area contributed by atoms with Crippen molar-refractivity contribution in [3.05, 3.63) is 12.2 Å². The highest BCUT2D eigenvalue weighted by Gasteiger charge is 2.24. The van der Waals surface area contributed by atoms with Gasteiger partial charge in [0.25, 0.3) is 0 Å². The summed E-state index contributed by atoms with van der Waals surface area (Å²) in [6, 6.07) is 0. The number of carbonyl (C=O) groups is 1. The Bertz CT molecular complexity index is 352. The van der Waals surface area contributed by atoms with E-state index in [0.717, 1.165) is 31.8 Å². The lowest BCUT2D eigenvalue weighted by molar-refractivity contribution is -0.129. The molecule has 0 spiro atoms. The van der Waals surface area contributed by atoms with Crippen LogP contribution in [-0.2, 0) is 11.8 Å². The number of rotatable bonds is 1. The number of carbonyl (C=O) groups excluding carboxylic acids is 1. The molecule has 0 atom stereocenters. The van der Waals surface area contributed by atoms with E-state index in [1.165, 1.54) is 0 Å². The molecule has 1 aromatic heterocycles. The third-order valence-corrected chi connectivity index (χ3v) is 3.05. The molecular weight excluding hydrogens is 192 g/mol. The highest BCUT2D eigenvalue weighted by Crippen LogP contribution is 2.25. The van der Waals surface area contributed by atoms with Crippen molar-refractivity contribution in [2.24, 2.45) is 7.05 Å². The van der Waals surface area contributed by atoms with Crippen LogP contribution in [0.4, 0.5) is 0 Å². The summed E-state index contributed by atoms with van der Waals surface area (Å²) in [6.07, 6.45) is 3.71. The fraction of sp³-hybridized carbons (Fsp3) is 0.700. The maximum atomic E-state index is 11.2. The van der Waals surface area contributed by atoms with Crippen LogP contribution in [0.5, 0.6) is 0 Å². The largest absolute Gasteiger partial charge is 0.343 e. The van der Waals surface area contributed by atoms with Gasteiger partial charge < -0.3 is 9.47 Å². The Morgan fingerprint density at radius 2 is 2.13 bits per heavy atom. The molecule has 0 aromatic carbocycles. The van der Waals surface area contributed by atoms with E-state index < -0.39 is 0 Å². The molecule has 0 saturated carbocycles. The molecule has 0 radical (unpaired) electrons. The maximum absolute atomic E-state index is 11.2. The van der Waals surface area contributed by atoms with Gasteiger partial charge in [-0.05, 0) is 12.8 Å². The molecule has 1 amide bonds. The van der Waals surface area contributed by atoms with Crippen LogP contribution in [0.2, 0.25) is 0 Å². The lowest BCUT2D eigenvalue weighted by atomic mass is 9.96. The van der Waals surface area contributed by atoms with Crippen molar-refractivity contribution < 1.29 is 4.79 Å². The van der Waals surface area contributed by atoms with Crippen LogP contribution in [0.3, 0.4) is 0 Å². The Morgan fingerprint density at radius 1 is 1.47 bits per heavy atom. The van der Waals surface area contributed by atoms with Crippen molar-refractivity contribution in [1.29, 1.82) is 0 Å². The summed E-state index contributed by atoms with van der Waals surface area (Å²) < 4.78 is 1.97. The number of hydrogen-bond donors (Lipinski definition) is 0. The fourth-order valence-corrected chi connectivity index (χ4v) is 2.11. The molecule has 0 unspecified atom stereocenters. The van der Waals surface area contributed by atoms with Gasteiger partial charge in [0, 0.05) is 33.0 Å². The lowest BCUT2D eigenvalue weighted by Gasteiger charge is -2.30. The summed E-state index contributed by atoms with van der Waals surface area (Å²) in [6.45, 7) is 3.31. The minimum atomic E-state index is 0.173. The summed E-state index contributed by atoms with van der Waals surface area (Å²) in [4.78, 5) is 13.0. The minimum absolute atomic E-state index is 0.173. The molecule has 2 rings (SSSR count). The zero-order chi connectivity index (χ0) is 10.8. The number of aryl methyl sites for hydroxylation is 1. The first-order chi connectivity index (χ1) is 7.18. The number of nitrogens with zero attached hydrogens (tertiary/aromatic N) is 4. The maximum Gasteiger partial charge on any atom is 0.219 e. The molecule has 1 aromatic rings. The minimum Gasteiger partial charge on any atom is -0.343 e. The third kappa shape index (κ3) is 2.00. The van der Waals surface area contributed by atoms with Gasteiger partial charge >= 0.3 is 0 Å². The highest BCUT2D eigenvalue weighted by atomic mass is 16.2. The van der Waals surface area contributed by atoms with Crippen LogP contribution in [0.25, 0.3) is 0 Å². The monoisotopic (exact) mass is 208 g/mol. The van der Waals surface area contributed by atoms with E-state index in [2.05, 4.69) is 10.2 Å². The Morgan fingerprint density at radius 3 is 2.60 bits per heavy atom. The van der Waals surface area contributed by atoms with Gasteiger partial charge in [-0.3, -0.25) is 4.79 Å². The van der Waals surface area contributed by atoms with Crippen molar-refractivity contribution in [3.8, 4) is 0 Å². The van der Waals surface area contributed by atoms with Gasteiger partial charge in [0.2, 0.25) is 5.91 Å². The van der Waals surface area contributed by atoms with Crippen molar-refractivity contribution in [2.75, 3.05) is 13.1 Å². The van der Waals surface area contributed by atoms with Crippen LogP contribution in [0.1, 0.15) is 31.5 Å². The second kappa shape index (κ2) is 4.00.